The lowest BCUT2D eigenvalue weighted by molar-refractivity contribution is 0.219. The summed E-state index contributed by atoms with van der Waals surface area (Å²) in [6.45, 7) is 3.55. The van der Waals surface area contributed by atoms with E-state index in [9.17, 15) is 4.79 Å². The van der Waals surface area contributed by atoms with Crippen molar-refractivity contribution < 1.29 is 9.53 Å². The summed E-state index contributed by atoms with van der Waals surface area (Å²) in [6, 6.07) is 29.0. The number of urea groups is 1. The van der Waals surface area contributed by atoms with E-state index in [2.05, 4.69) is 55.5 Å². The SMILES string of the molecule is COc1cccc(N2C(=O)N(CCC(c3ccccc3)c3ccccc3)CC2C)c1. The third kappa shape index (κ3) is 4.18. The van der Waals surface area contributed by atoms with E-state index in [0.717, 1.165) is 30.9 Å². The second-order valence-electron chi connectivity index (χ2n) is 7.81. The number of hydrogen-bond donors (Lipinski definition) is 0. The Balaban J connectivity index is 1.51. The predicted molar refractivity (Wildman–Crippen MR) is 121 cm³/mol. The number of nitrogens with zero attached hydrogens (tertiary/aromatic N) is 2. The first-order chi connectivity index (χ1) is 14.7. The summed E-state index contributed by atoms with van der Waals surface area (Å²) in [5, 5.41) is 0. The van der Waals surface area contributed by atoms with Gasteiger partial charge in [0.1, 0.15) is 5.75 Å². The van der Waals surface area contributed by atoms with Gasteiger partial charge in [-0.25, -0.2) is 4.79 Å². The van der Waals surface area contributed by atoms with Gasteiger partial charge in [0.05, 0.1) is 13.2 Å². The molecular weight excluding hydrogens is 372 g/mol. The smallest absolute Gasteiger partial charge is 0.324 e. The van der Waals surface area contributed by atoms with E-state index in [1.807, 2.05) is 46.2 Å². The quantitative estimate of drug-likeness (QED) is 0.521. The molecule has 1 aliphatic heterocycles. The molecule has 0 aromatic heterocycles. The zero-order valence-corrected chi connectivity index (χ0v) is 17.6. The molecule has 0 spiro atoms. The van der Waals surface area contributed by atoms with E-state index in [1.165, 1.54) is 11.1 Å². The fourth-order valence-electron chi connectivity index (χ4n) is 4.31. The Hall–Kier alpha value is -3.27. The molecule has 30 heavy (non-hydrogen) atoms. The van der Waals surface area contributed by atoms with Crippen molar-refractivity contribution >= 4 is 11.7 Å². The highest BCUT2D eigenvalue weighted by atomic mass is 16.5. The van der Waals surface area contributed by atoms with Crippen LogP contribution in [0.2, 0.25) is 0 Å². The molecule has 1 heterocycles. The van der Waals surface area contributed by atoms with E-state index in [1.54, 1.807) is 7.11 Å². The van der Waals surface area contributed by atoms with E-state index >= 15 is 0 Å². The fraction of sp³-hybridized carbons (Fsp3) is 0.269. The van der Waals surface area contributed by atoms with E-state index in [-0.39, 0.29) is 18.0 Å². The molecule has 3 aromatic rings. The standard InChI is InChI=1S/C26H28N2O2/c1-20-19-27(26(29)28(20)23-14-9-15-24(18-23)30-2)17-16-25(21-10-5-3-6-11-21)22-12-7-4-8-13-22/h3-15,18,20,25H,16-17,19H2,1-2H3. The minimum Gasteiger partial charge on any atom is -0.497 e. The van der Waals surface area contributed by atoms with Gasteiger partial charge in [0, 0.05) is 30.8 Å². The molecule has 4 heteroatoms. The predicted octanol–water partition coefficient (Wildman–Crippen LogP) is 5.55. The number of ether oxygens (including phenoxy) is 1. The Morgan fingerprint density at radius 3 is 2.17 bits per heavy atom. The van der Waals surface area contributed by atoms with Crippen LogP contribution in [0.1, 0.15) is 30.4 Å². The van der Waals surface area contributed by atoms with Gasteiger partial charge in [0.15, 0.2) is 0 Å². The highest BCUT2D eigenvalue weighted by Crippen LogP contribution is 2.31. The monoisotopic (exact) mass is 400 g/mol. The van der Waals surface area contributed by atoms with Crippen molar-refractivity contribution in [2.45, 2.75) is 25.3 Å². The number of benzene rings is 3. The number of hydrogen-bond acceptors (Lipinski definition) is 2. The van der Waals surface area contributed by atoms with Crippen molar-refractivity contribution in [3.63, 3.8) is 0 Å². The molecule has 1 aliphatic rings. The molecule has 4 nitrogen and oxygen atoms in total. The van der Waals surface area contributed by atoms with E-state index in [0.29, 0.717) is 0 Å². The van der Waals surface area contributed by atoms with Gasteiger partial charge in [-0.05, 0) is 36.6 Å². The number of anilines is 1. The molecule has 1 unspecified atom stereocenters. The average molecular weight is 401 g/mol. The van der Waals surface area contributed by atoms with Crippen LogP contribution in [0.25, 0.3) is 0 Å². The van der Waals surface area contributed by atoms with Gasteiger partial charge in [-0.2, -0.15) is 0 Å². The Kier molecular flexibility index (Phi) is 6.03. The van der Waals surface area contributed by atoms with Gasteiger partial charge in [0.25, 0.3) is 0 Å². The van der Waals surface area contributed by atoms with Crippen molar-refractivity contribution in [2.24, 2.45) is 0 Å². The lowest BCUT2D eigenvalue weighted by atomic mass is 9.88. The number of methoxy groups -OCH3 is 1. The molecule has 4 rings (SSSR count). The van der Waals surface area contributed by atoms with Gasteiger partial charge in [0.2, 0.25) is 0 Å². The zero-order chi connectivity index (χ0) is 20.9. The molecular formula is C26H28N2O2. The second kappa shape index (κ2) is 9.04. The third-order valence-corrected chi connectivity index (χ3v) is 5.83. The third-order valence-electron chi connectivity index (χ3n) is 5.83. The molecule has 1 saturated heterocycles. The largest absolute Gasteiger partial charge is 0.497 e. The van der Waals surface area contributed by atoms with Crippen LogP contribution in [-0.4, -0.2) is 37.2 Å². The van der Waals surface area contributed by atoms with Crippen LogP contribution in [-0.2, 0) is 0 Å². The maximum atomic E-state index is 13.2. The highest BCUT2D eigenvalue weighted by Gasteiger charge is 2.35. The maximum absolute atomic E-state index is 13.2. The summed E-state index contributed by atoms with van der Waals surface area (Å²) in [5.41, 5.74) is 3.46. The molecule has 2 amide bonds. The van der Waals surface area contributed by atoms with Crippen LogP contribution in [0.15, 0.2) is 84.9 Å². The number of rotatable bonds is 7. The fourth-order valence-corrected chi connectivity index (χ4v) is 4.31. The van der Waals surface area contributed by atoms with Gasteiger partial charge < -0.3 is 9.64 Å². The van der Waals surface area contributed by atoms with Gasteiger partial charge in [-0.3, -0.25) is 4.90 Å². The van der Waals surface area contributed by atoms with Crippen molar-refractivity contribution in [3.05, 3.63) is 96.1 Å². The van der Waals surface area contributed by atoms with Crippen LogP contribution in [0.5, 0.6) is 5.75 Å². The van der Waals surface area contributed by atoms with Crippen molar-refractivity contribution in [1.29, 1.82) is 0 Å². The Labute approximate surface area is 178 Å². The molecule has 0 aliphatic carbocycles. The minimum atomic E-state index is 0.0654. The summed E-state index contributed by atoms with van der Waals surface area (Å²) >= 11 is 0. The summed E-state index contributed by atoms with van der Waals surface area (Å²) in [6.07, 6.45) is 0.887. The first kappa shape index (κ1) is 20.0. The van der Waals surface area contributed by atoms with Crippen LogP contribution >= 0.6 is 0 Å². The highest BCUT2D eigenvalue weighted by molar-refractivity contribution is 5.95. The topological polar surface area (TPSA) is 32.8 Å². The van der Waals surface area contributed by atoms with Crippen molar-refractivity contribution in [3.8, 4) is 5.75 Å². The first-order valence-electron chi connectivity index (χ1n) is 10.5. The Morgan fingerprint density at radius 2 is 1.57 bits per heavy atom. The Bertz CT molecular complexity index is 935. The molecule has 1 fully saturated rings. The lowest BCUT2D eigenvalue weighted by Gasteiger charge is -2.23. The van der Waals surface area contributed by atoms with Crippen LogP contribution < -0.4 is 9.64 Å². The molecule has 0 bridgehead atoms. The molecule has 154 valence electrons. The molecule has 0 radical (unpaired) electrons. The van der Waals surface area contributed by atoms with Crippen molar-refractivity contribution in [2.75, 3.05) is 25.1 Å². The average Bonchev–Trinajstić information content (AvgIpc) is 3.08. The number of amides is 2. The summed E-state index contributed by atoms with van der Waals surface area (Å²) < 4.78 is 5.34. The van der Waals surface area contributed by atoms with Crippen LogP contribution in [0, 0.1) is 0 Å². The van der Waals surface area contributed by atoms with Gasteiger partial charge in [-0.1, -0.05) is 66.7 Å². The molecule has 0 saturated carbocycles. The van der Waals surface area contributed by atoms with Crippen LogP contribution in [0.3, 0.4) is 0 Å². The minimum absolute atomic E-state index is 0.0654. The van der Waals surface area contributed by atoms with Gasteiger partial charge >= 0.3 is 6.03 Å². The second-order valence-corrected chi connectivity index (χ2v) is 7.81. The Morgan fingerprint density at radius 1 is 0.933 bits per heavy atom. The van der Waals surface area contributed by atoms with Gasteiger partial charge in [-0.15, -0.1) is 0 Å². The molecule has 0 N–H and O–H groups in total. The van der Waals surface area contributed by atoms with E-state index in [4.69, 9.17) is 4.74 Å². The lowest BCUT2D eigenvalue weighted by Crippen LogP contribution is -2.34. The summed E-state index contributed by atoms with van der Waals surface area (Å²) in [7, 11) is 1.65. The zero-order valence-electron chi connectivity index (χ0n) is 17.6. The normalized spacial score (nSPS) is 16.4. The maximum Gasteiger partial charge on any atom is 0.324 e. The first-order valence-corrected chi connectivity index (χ1v) is 10.5. The number of carbonyl (C=O) groups is 1. The van der Waals surface area contributed by atoms with Crippen LogP contribution in [0.4, 0.5) is 10.5 Å². The molecule has 1 atom stereocenters. The van der Waals surface area contributed by atoms with Crippen molar-refractivity contribution in [1.82, 2.24) is 4.90 Å². The summed E-state index contributed by atoms with van der Waals surface area (Å²) in [5.74, 6) is 1.03. The summed E-state index contributed by atoms with van der Waals surface area (Å²) in [4.78, 5) is 17.1. The van der Waals surface area contributed by atoms with E-state index < -0.39 is 0 Å². The molecule has 3 aromatic carbocycles. The number of carbonyl (C=O) groups excluding carboxylic acids is 1.